The maximum atomic E-state index is 12.0. The summed E-state index contributed by atoms with van der Waals surface area (Å²) in [5, 5.41) is 0.311. The molecular formula is C13H14N4O2S2. The first-order valence-corrected chi connectivity index (χ1v) is 8.60. The van der Waals surface area contributed by atoms with Crippen molar-refractivity contribution in [3.63, 3.8) is 0 Å². The van der Waals surface area contributed by atoms with Gasteiger partial charge in [-0.3, -0.25) is 9.71 Å². The predicted molar refractivity (Wildman–Crippen MR) is 83.4 cm³/mol. The molecule has 0 amide bonds. The number of thiazole rings is 1. The highest BCUT2D eigenvalue weighted by Gasteiger charge is 2.13. The molecule has 0 aliphatic carbocycles. The number of nitrogens with two attached hydrogens (primary N) is 1. The zero-order chi connectivity index (χ0) is 15.1. The smallest absolute Gasteiger partial charge is 0.234 e. The number of aryl methyl sites for hydroxylation is 1. The summed E-state index contributed by atoms with van der Waals surface area (Å²) in [4.78, 5) is 8.55. The molecule has 110 valence electrons. The fourth-order valence-corrected chi connectivity index (χ4v) is 3.52. The van der Waals surface area contributed by atoms with Gasteiger partial charge in [0.1, 0.15) is 0 Å². The maximum Gasteiger partial charge on any atom is 0.234 e. The molecule has 0 atom stereocenters. The minimum atomic E-state index is -3.44. The molecule has 3 N–H and O–H groups in total. The Kier molecular flexibility index (Phi) is 5.27. The second kappa shape index (κ2) is 7.17. The molecule has 0 radical (unpaired) electrons. The fraction of sp³-hybridized carbons (Fsp3) is 0.231. The van der Waals surface area contributed by atoms with E-state index in [9.17, 15) is 8.42 Å². The minimum absolute atomic E-state index is 0.0135. The molecule has 8 heteroatoms. The van der Waals surface area contributed by atoms with Gasteiger partial charge in [0.15, 0.2) is 5.13 Å². The van der Waals surface area contributed by atoms with Crippen LogP contribution >= 0.6 is 11.3 Å². The summed E-state index contributed by atoms with van der Waals surface area (Å²) < 4.78 is 26.4. The first kappa shape index (κ1) is 15.4. The van der Waals surface area contributed by atoms with Crippen LogP contribution in [0.3, 0.4) is 0 Å². The molecule has 6 nitrogen and oxygen atoms in total. The Labute approximate surface area is 127 Å². The first-order valence-electron chi connectivity index (χ1n) is 6.13. The van der Waals surface area contributed by atoms with Gasteiger partial charge in [0.2, 0.25) is 10.0 Å². The normalized spacial score (nSPS) is 10.7. The van der Waals surface area contributed by atoms with E-state index in [1.165, 1.54) is 17.5 Å². The average Bonchev–Trinajstić information content (AvgIpc) is 2.91. The largest absolute Gasteiger partial charge is 0.320 e. The summed E-state index contributed by atoms with van der Waals surface area (Å²) in [7, 11) is -3.44. The molecule has 2 aromatic rings. The van der Waals surface area contributed by atoms with Gasteiger partial charge in [0, 0.05) is 12.4 Å². The van der Waals surface area contributed by atoms with Crippen LogP contribution in [0.15, 0.2) is 30.7 Å². The lowest BCUT2D eigenvalue weighted by molar-refractivity contribution is 0.600. The van der Waals surface area contributed by atoms with Crippen LogP contribution in [0.1, 0.15) is 10.4 Å². The van der Waals surface area contributed by atoms with Crippen molar-refractivity contribution >= 4 is 26.5 Å². The fourth-order valence-electron chi connectivity index (χ4n) is 1.50. The van der Waals surface area contributed by atoms with Gasteiger partial charge in [-0.2, -0.15) is 0 Å². The summed E-state index contributed by atoms with van der Waals surface area (Å²) in [5.41, 5.74) is 6.19. The quantitative estimate of drug-likeness (QED) is 0.795. The minimum Gasteiger partial charge on any atom is -0.320 e. The Balaban J connectivity index is 1.96. The van der Waals surface area contributed by atoms with Crippen molar-refractivity contribution in [2.24, 2.45) is 5.73 Å². The molecule has 0 fully saturated rings. The number of aromatic nitrogens is 2. The van der Waals surface area contributed by atoms with E-state index in [1.807, 2.05) is 0 Å². The number of nitrogens with zero attached hydrogens (tertiary/aromatic N) is 2. The summed E-state index contributed by atoms with van der Waals surface area (Å²) >= 11 is 1.18. The van der Waals surface area contributed by atoms with E-state index < -0.39 is 10.0 Å². The SMILES string of the molecule is NCC#Cc1cnc(NS(=O)(=O)CCc2ccncc2)s1. The Hall–Kier alpha value is -1.95. The molecular weight excluding hydrogens is 308 g/mol. The third kappa shape index (κ3) is 5.15. The Morgan fingerprint density at radius 2 is 2.10 bits per heavy atom. The van der Waals surface area contributed by atoms with Gasteiger partial charge >= 0.3 is 0 Å². The van der Waals surface area contributed by atoms with Crippen LogP contribution < -0.4 is 10.5 Å². The van der Waals surface area contributed by atoms with Crippen molar-refractivity contribution in [3.8, 4) is 11.8 Å². The van der Waals surface area contributed by atoms with Gasteiger partial charge in [-0.25, -0.2) is 13.4 Å². The molecule has 0 bridgehead atoms. The van der Waals surface area contributed by atoms with Gasteiger partial charge in [-0.1, -0.05) is 23.2 Å². The Morgan fingerprint density at radius 1 is 1.33 bits per heavy atom. The van der Waals surface area contributed by atoms with E-state index >= 15 is 0 Å². The van der Waals surface area contributed by atoms with Gasteiger partial charge in [0.05, 0.1) is 23.4 Å². The molecule has 0 aliphatic heterocycles. The highest BCUT2D eigenvalue weighted by atomic mass is 32.2. The van der Waals surface area contributed by atoms with Crippen LogP contribution in [0.25, 0.3) is 0 Å². The van der Waals surface area contributed by atoms with Gasteiger partial charge < -0.3 is 5.73 Å². The van der Waals surface area contributed by atoms with Crippen LogP contribution in [-0.2, 0) is 16.4 Å². The van der Waals surface area contributed by atoms with Crippen molar-refractivity contribution in [1.29, 1.82) is 0 Å². The maximum absolute atomic E-state index is 12.0. The lowest BCUT2D eigenvalue weighted by Crippen LogP contribution is -2.18. The van der Waals surface area contributed by atoms with Crippen molar-refractivity contribution in [1.82, 2.24) is 9.97 Å². The third-order valence-electron chi connectivity index (χ3n) is 2.47. The van der Waals surface area contributed by atoms with Crippen molar-refractivity contribution in [2.75, 3.05) is 17.0 Å². The van der Waals surface area contributed by atoms with E-state index in [0.717, 1.165) is 5.56 Å². The summed E-state index contributed by atoms with van der Waals surface area (Å²) in [6, 6.07) is 3.58. The van der Waals surface area contributed by atoms with Crippen molar-refractivity contribution in [2.45, 2.75) is 6.42 Å². The van der Waals surface area contributed by atoms with E-state index in [0.29, 0.717) is 16.4 Å². The average molecular weight is 322 g/mol. The van der Waals surface area contributed by atoms with Crippen LogP contribution in [0.4, 0.5) is 5.13 Å². The molecule has 0 unspecified atom stereocenters. The van der Waals surface area contributed by atoms with Gasteiger partial charge in [-0.15, -0.1) is 0 Å². The molecule has 0 saturated carbocycles. The van der Waals surface area contributed by atoms with Crippen LogP contribution in [-0.4, -0.2) is 30.7 Å². The number of nitrogens with one attached hydrogen (secondary N) is 1. The van der Waals surface area contributed by atoms with Crippen LogP contribution in [0.5, 0.6) is 0 Å². The Morgan fingerprint density at radius 3 is 2.81 bits per heavy atom. The number of anilines is 1. The number of hydrogen-bond donors (Lipinski definition) is 2. The molecule has 2 aromatic heterocycles. The lowest BCUT2D eigenvalue weighted by Gasteiger charge is -2.04. The predicted octanol–water partition coefficient (Wildman–Crippen LogP) is 0.833. The molecule has 0 spiro atoms. The molecule has 0 saturated heterocycles. The number of sulfonamides is 1. The highest BCUT2D eigenvalue weighted by molar-refractivity contribution is 7.92. The molecule has 2 heterocycles. The molecule has 21 heavy (non-hydrogen) atoms. The topological polar surface area (TPSA) is 98.0 Å². The van der Waals surface area contributed by atoms with E-state index in [-0.39, 0.29) is 12.3 Å². The third-order valence-corrected chi connectivity index (χ3v) is 4.67. The summed E-state index contributed by atoms with van der Waals surface area (Å²) in [6.07, 6.45) is 5.22. The lowest BCUT2D eigenvalue weighted by atomic mass is 10.2. The van der Waals surface area contributed by atoms with Crippen molar-refractivity contribution in [3.05, 3.63) is 41.2 Å². The van der Waals surface area contributed by atoms with Crippen molar-refractivity contribution < 1.29 is 8.42 Å². The van der Waals surface area contributed by atoms with E-state index in [2.05, 4.69) is 26.5 Å². The van der Waals surface area contributed by atoms with Crippen LogP contribution in [0, 0.1) is 11.8 Å². The van der Waals surface area contributed by atoms with E-state index in [4.69, 9.17) is 5.73 Å². The summed E-state index contributed by atoms with van der Waals surface area (Å²) in [6.45, 7) is 0.255. The van der Waals surface area contributed by atoms with E-state index in [1.54, 1.807) is 24.5 Å². The zero-order valence-corrected chi connectivity index (χ0v) is 12.7. The standard InChI is InChI=1S/C13H14N4O2S2/c14-6-1-2-12-10-16-13(20-12)17-21(18,19)9-5-11-3-7-15-8-4-11/h3-4,7-8,10H,5-6,9,14H2,(H,16,17). The zero-order valence-electron chi connectivity index (χ0n) is 11.1. The number of pyridine rings is 1. The van der Waals surface area contributed by atoms with Crippen LogP contribution in [0.2, 0.25) is 0 Å². The summed E-state index contributed by atoms with van der Waals surface area (Å²) in [5.74, 6) is 5.49. The first-order chi connectivity index (χ1) is 10.1. The molecule has 0 aromatic carbocycles. The van der Waals surface area contributed by atoms with Gasteiger partial charge in [0.25, 0.3) is 0 Å². The molecule has 2 rings (SSSR count). The number of rotatable bonds is 5. The Bertz CT molecular complexity index is 745. The molecule has 0 aliphatic rings. The second-order valence-corrected chi connectivity index (χ2v) is 6.93. The highest BCUT2D eigenvalue weighted by Crippen LogP contribution is 2.18. The number of hydrogen-bond acceptors (Lipinski definition) is 6. The monoisotopic (exact) mass is 322 g/mol. The van der Waals surface area contributed by atoms with Gasteiger partial charge in [-0.05, 0) is 24.1 Å². The second-order valence-electron chi connectivity index (χ2n) is 4.06.